The van der Waals surface area contributed by atoms with Crippen LogP contribution in [-0.4, -0.2) is 47.9 Å². The molecule has 1 aliphatic heterocycles. The molecule has 0 spiro atoms. The van der Waals surface area contributed by atoms with Crippen molar-refractivity contribution in [2.24, 2.45) is 0 Å². The Labute approximate surface area is 96.0 Å². The Hall–Kier alpha value is -1.13. The minimum Gasteiger partial charge on any atom is -0.359 e. The number of aromatic nitrogens is 1. The molecule has 2 N–H and O–H groups in total. The zero-order valence-electron chi connectivity index (χ0n) is 9.70. The van der Waals surface area contributed by atoms with Crippen LogP contribution in [0.1, 0.15) is 23.8 Å². The monoisotopic (exact) mass is 221 g/mol. The van der Waals surface area contributed by atoms with E-state index < -0.39 is 0 Å². The molecule has 0 radical (unpaired) electrons. The van der Waals surface area contributed by atoms with Gasteiger partial charge in [0.15, 0.2) is 5.78 Å². The molecular weight excluding hydrogens is 202 g/mol. The lowest BCUT2D eigenvalue weighted by Gasteiger charge is -2.32. The zero-order chi connectivity index (χ0) is 11.4. The molecule has 0 bridgehead atoms. The van der Waals surface area contributed by atoms with Gasteiger partial charge in [-0.25, -0.2) is 0 Å². The number of nitrogens with zero attached hydrogens (tertiary/aromatic N) is 1. The van der Waals surface area contributed by atoms with Crippen molar-refractivity contribution in [2.45, 2.75) is 19.4 Å². The van der Waals surface area contributed by atoms with Crippen LogP contribution < -0.4 is 5.32 Å². The number of carbonyl (C=O) groups is 1. The third-order valence-corrected chi connectivity index (χ3v) is 3.15. The summed E-state index contributed by atoms with van der Waals surface area (Å²) in [5, 5.41) is 3.32. The Kier molecular flexibility index (Phi) is 3.74. The third kappa shape index (κ3) is 2.71. The van der Waals surface area contributed by atoms with Crippen LogP contribution in [0.5, 0.6) is 0 Å². The Balaban J connectivity index is 1.86. The van der Waals surface area contributed by atoms with Crippen LogP contribution in [0.25, 0.3) is 0 Å². The largest absolute Gasteiger partial charge is 0.359 e. The molecule has 4 heteroatoms. The first-order chi connectivity index (χ1) is 7.77. The summed E-state index contributed by atoms with van der Waals surface area (Å²) in [5.74, 6) is 0.205. The summed E-state index contributed by atoms with van der Waals surface area (Å²) in [5.41, 5.74) is 0.724. The molecule has 0 amide bonds. The average Bonchev–Trinajstić information content (AvgIpc) is 2.83. The number of piperazine rings is 1. The predicted molar refractivity (Wildman–Crippen MR) is 63.6 cm³/mol. The van der Waals surface area contributed by atoms with Gasteiger partial charge in [-0.3, -0.25) is 9.69 Å². The van der Waals surface area contributed by atoms with Crippen molar-refractivity contribution in [3.05, 3.63) is 24.0 Å². The zero-order valence-corrected chi connectivity index (χ0v) is 9.70. The number of ketones is 1. The first-order valence-corrected chi connectivity index (χ1v) is 5.89. The number of rotatable bonds is 4. The number of carbonyl (C=O) groups excluding carboxylic acids is 1. The summed E-state index contributed by atoms with van der Waals surface area (Å²) in [7, 11) is 0. The van der Waals surface area contributed by atoms with E-state index in [1.165, 1.54) is 0 Å². The fourth-order valence-electron chi connectivity index (χ4n) is 2.13. The fraction of sp³-hybridized carbons (Fsp3) is 0.583. The second kappa shape index (κ2) is 5.27. The van der Waals surface area contributed by atoms with E-state index in [1.54, 1.807) is 6.20 Å². The maximum atomic E-state index is 11.9. The number of hydrogen-bond donors (Lipinski definition) is 2. The average molecular weight is 221 g/mol. The van der Waals surface area contributed by atoms with Crippen LogP contribution >= 0.6 is 0 Å². The molecule has 16 heavy (non-hydrogen) atoms. The van der Waals surface area contributed by atoms with Gasteiger partial charge in [-0.1, -0.05) is 0 Å². The van der Waals surface area contributed by atoms with Crippen LogP contribution in [-0.2, 0) is 0 Å². The highest BCUT2D eigenvalue weighted by Gasteiger charge is 2.19. The maximum absolute atomic E-state index is 11.9. The van der Waals surface area contributed by atoms with Crippen molar-refractivity contribution in [1.82, 2.24) is 15.2 Å². The second-order valence-corrected chi connectivity index (χ2v) is 4.35. The molecule has 1 saturated heterocycles. The van der Waals surface area contributed by atoms with E-state index in [2.05, 4.69) is 22.1 Å². The van der Waals surface area contributed by atoms with E-state index in [0.717, 1.165) is 31.9 Å². The number of nitrogens with one attached hydrogen (secondary N) is 2. The minimum atomic E-state index is 0.205. The molecule has 1 aromatic heterocycles. The van der Waals surface area contributed by atoms with Crippen molar-refractivity contribution in [3.8, 4) is 0 Å². The van der Waals surface area contributed by atoms with Gasteiger partial charge in [-0.2, -0.15) is 0 Å². The van der Waals surface area contributed by atoms with Gasteiger partial charge in [0.05, 0.1) is 5.69 Å². The molecule has 1 aliphatic rings. The highest BCUT2D eigenvalue weighted by Crippen LogP contribution is 2.09. The smallest absolute Gasteiger partial charge is 0.180 e. The molecule has 1 unspecified atom stereocenters. The summed E-state index contributed by atoms with van der Waals surface area (Å²) in [6, 6.07) is 4.04. The molecule has 1 fully saturated rings. The standard InChI is InChI=1S/C12H19N3O/c1-10(15-7-5-13-6-8-15)9-12(16)11-3-2-4-14-11/h2-4,10,13-14H,5-9H2,1H3. The first kappa shape index (κ1) is 11.4. The van der Waals surface area contributed by atoms with Crippen molar-refractivity contribution < 1.29 is 4.79 Å². The molecule has 0 aromatic carbocycles. The number of H-pyrrole nitrogens is 1. The quantitative estimate of drug-likeness (QED) is 0.742. The van der Waals surface area contributed by atoms with E-state index in [1.807, 2.05) is 12.1 Å². The van der Waals surface area contributed by atoms with Crippen LogP contribution in [0.4, 0.5) is 0 Å². The van der Waals surface area contributed by atoms with Gasteiger partial charge in [0, 0.05) is 44.8 Å². The van der Waals surface area contributed by atoms with Crippen LogP contribution in [0.15, 0.2) is 18.3 Å². The lowest BCUT2D eigenvalue weighted by Crippen LogP contribution is -2.48. The van der Waals surface area contributed by atoms with Gasteiger partial charge in [0.2, 0.25) is 0 Å². The van der Waals surface area contributed by atoms with Gasteiger partial charge in [-0.15, -0.1) is 0 Å². The first-order valence-electron chi connectivity index (χ1n) is 5.89. The molecule has 4 nitrogen and oxygen atoms in total. The lowest BCUT2D eigenvalue weighted by molar-refractivity contribution is 0.0913. The summed E-state index contributed by atoms with van der Waals surface area (Å²) in [4.78, 5) is 17.2. The van der Waals surface area contributed by atoms with Crippen molar-refractivity contribution in [2.75, 3.05) is 26.2 Å². The van der Waals surface area contributed by atoms with Gasteiger partial charge in [0.25, 0.3) is 0 Å². The highest BCUT2D eigenvalue weighted by atomic mass is 16.1. The molecule has 1 atom stereocenters. The van der Waals surface area contributed by atoms with E-state index >= 15 is 0 Å². The van der Waals surface area contributed by atoms with Crippen molar-refractivity contribution >= 4 is 5.78 Å². The van der Waals surface area contributed by atoms with E-state index in [0.29, 0.717) is 12.5 Å². The number of aromatic amines is 1. The maximum Gasteiger partial charge on any atom is 0.180 e. The van der Waals surface area contributed by atoms with E-state index in [4.69, 9.17) is 0 Å². The second-order valence-electron chi connectivity index (χ2n) is 4.35. The van der Waals surface area contributed by atoms with Gasteiger partial charge < -0.3 is 10.3 Å². The molecule has 2 rings (SSSR count). The normalized spacial score (nSPS) is 19.6. The Morgan fingerprint density at radius 3 is 2.88 bits per heavy atom. The fourth-order valence-corrected chi connectivity index (χ4v) is 2.13. The van der Waals surface area contributed by atoms with Crippen molar-refractivity contribution in [3.63, 3.8) is 0 Å². The molecule has 0 saturated carbocycles. The molecule has 0 aliphatic carbocycles. The predicted octanol–water partition coefficient (Wildman–Crippen LogP) is 0.881. The van der Waals surface area contributed by atoms with Crippen LogP contribution in [0.3, 0.4) is 0 Å². The number of hydrogen-bond acceptors (Lipinski definition) is 3. The lowest BCUT2D eigenvalue weighted by atomic mass is 10.1. The van der Waals surface area contributed by atoms with E-state index in [-0.39, 0.29) is 5.78 Å². The Morgan fingerprint density at radius 1 is 1.50 bits per heavy atom. The Bertz CT molecular complexity index is 328. The third-order valence-electron chi connectivity index (χ3n) is 3.15. The summed E-state index contributed by atoms with van der Waals surface area (Å²) >= 11 is 0. The van der Waals surface area contributed by atoms with Gasteiger partial charge >= 0.3 is 0 Å². The molecule has 2 heterocycles. The summed E-state index contributed by atoms with van der Waals surface area (Å²) < 4.78 is 0. The molecular formula is C12H19N3O. The van der Waals surface area contributed by atoms with Crippen LogP contribution in [0, 0.1) is 0 Å². The van der Waals surface area contributed by atoms with Gasteiger partial charge in [-0.05, 0) is 19.1 Å². The summed E-state index contributed by atoms with van der Waals surface area (Å²) in [6.07, 6.45) is 2.39. The van der Waals surface area contributed by atoms with Crippen LogP contribution in [0.2, 0.25) is 0 Å². The molecule has 88 valence electrons. The van der Waals surface area contributed by atoms with E-state index in [9.17, 15) is 4.79 Å². The van der Waals surface area contributed by atoms with Gasteiger partial charge in [0.1, 0.15) is 0 Å². The Morgan fingerprint density at radius 2 is 2.25 bits per heavy atom. The molecule has 1 aromatic rings. The highest BCUT2D eigenvalue weighted by molar-refractivity contribution is 5.94. The SMILES string of the molecule is CC(CC(=O)c1ccc[nH]1)N1CCNCC1. The topological polar surface area (TPSA) is 48.1 Å². The minimum absolute atomic E-state index is 0.205. The summed E-state index contributed by atoms with van der Waals surface area (Å²) in [6.45, 7) is 6.27. The number of Topliss-reactive ketones (excluding diaryl/α,β-unsaturated/α-hetero) is 1. The van der Waals surface area contributed by atoms with Crippen molar-refractivity contribution in [1.29, 1.82) is 0 Å².